The van der Waals surface area contributed by atoms with E-state index >= 15 is 0 Å². The first-order valence-corrected chi connectivity index (χ1v) is 13.6. The minimum absolute atomic E-state index is 0.348. The Labute approximate surface area is 225 Å². The van der Waals surface area contributed by atoms with Gasteiger partial charge in [0.05, 0.1) is 24.4 Å². The summed E-state index contributed by atoms with van der Waals surface area (Å²) in [5.74, 6) is -2.08. The van der Waals surface area contributed by atoms with Crippen molar-refractivity contribution in [2.24, 2.45) is 5.92 Å². The number of hydrogen-bond acceptors (Lipinski definition) is 8. The lowest BCUT2D eigenvalue weighted by Gasteiger charge is -2.29. The van der Waals surface area contributed by atoms with Crippen molar-refractivity contribution in [3.63, 3.8) is 0 Å². The number of nitrogens with zero attached hydrogens (tertiary/aromatic N) is 3. The van der Waals surface area contributed by atoms with Gasteiger partial charge in [-0.15, -0.1) is 11.3 Å². The molecule has 6 rings (SSSR count). The van der Waals surface area contributed by atoms with E-state index in [4.69, 9.17) is 9.57 Å². The molecule has 2 amide bonds. The first-order valence-electron chi connectivity index (χ1n) is 12.8. The Morgan fingerprint density at radius 3 is 2.39 bits per heavy atom. The summed E-state index contributed by atoms with van der Waals surface area (Å²) in [4.78, 5) is 51.4. The number of carbonyl (C=O) groups excluding carboxylic acids is 3. The molecule has 3 heterocycles. The van der Waals surface area contributed by atoms with Crippen LogP contribution in [0.3, 0.4) is 0 Å². The smallest absolute Gasteiger partial charge is 0.341 e. The highest BCUT2D eigenvalue weighted by Gasteiger charge is 2.61. The van der Waals surface area contributed by atoms with Crippen molar-refractivity contribution in [1.29, 1.82) is 0 Å². The van der Waals surface area contributed by atoms with Crippen molar-refractivity contribution in [1.82, 2.24) is 0 Å². The van der Waals surface area contributed by atoms with Gasteiger partial charge in [0.2, 0.25) is 5.91 Å². The largest absolute Gasteiger partial charge is 0.465 e. The van der Waals surface area contributed by atoms with E-state index in [-0.39, 0.29) is 5.91 Å². The number of ether oxygens (including phenoxy) is 1. The predicted molar refractivity (Wildman–Crippen MR) is 146 cm³/mol. The fourth-order valence-electron chi connectivity index (χ4n) is 5.74. The molecule has 2 saturated heterocycles. The Bertz CT molecular complexity index is 1400. The summed E-state index contributed by atoms with van der Waals surface area (Å²) >= 11 is 1.36. The van der Waals surface area contributed by atoms with E-state index in [0.29, 0.717) is 10.6 Å². The summed E-state index contributed by atoms with van der Waals surface area (Å²) < 4.78 is 5.10. The molecule has 9 heteroatoms. The average Bonchev–Trinajstić information content (AvgIpc) is 3.59. The molecule has 0 unspecified atom stereocenters. The Morgan fingerprint density at radius 2 is 1.71 bits per heavy atom. The van der Waals surface area contributed by atoms with Crippen LogP contribution in [0.25, 0.3) is 0 Å². The molecule has 196 valence electrons. The van der Waals surface area contributed by atoms with Crippen molar-refractivity contribution in [2.45, 2.75) is 37.8 Å². The van der Waals surface area contributed by atoms with E-state index in [2.05, 4.69) is 0 Å². The Balaban J connectivity index is 1.44. The molecular formula is C29H29N3O5S. The molecule has 3 atom stereocenters. The highest BCUT2D eigenvalue weighted by Crippen LogP contribution is 2.50. The van der Waals surface area contributed by atoms with Crippen molar-refractivity contribution in [3.8, 4) is 0 Å². The number of carbonyl (C=O) groups is 3. The molecule has 1 aromatic heterocycles. The highest BCUT2D eigenvalue weighted by atomic mass is 32.1. The number of amides is 2. The second-order valence-corrected chi connectivity index (χ2v) is 11.1. The molecule has 2 aromatic carbocycles. The maximum absolute atomic E-state index is 14.2. The standard InChI is InChI=1S/C29H29N3O5S/c1-30(2)18-15-13-17(14-16-18)24-23-25(37-32(24)19-9-5-4-6-10-19)27(34)31(26(23)33)28-22(29(35)36-3)20-11-7-8-12-21(20)38-28/h4-6,9-10,13-16,23-25H,7-8,11-12H2,1-3H3/t23-,24+,25-/m0/s1. The van der Waals surface area contributed by atoms with E-state index in [1.54, 1.807) is 5.06 Å². The molecule has 2 fully saturated rings. The van der Waals surface area contributed by atoms with Gasteiger partial charge in [-0.1, -0.05) is 30.3 Å². The molecule has 3 aliphatic rings. The minimum atomic E-state index is -0.995. The first-order chi connectivity index (χ1) is 18.4. The molecule has 2 aliphatic heterocycles. The Hall–Kier alpha value is -3.69. The quantitative estimate of drug-likeness (QED) is 0.354. The van der Waals surface area contributed by atoms with E-state index in [1.165, 1.54) is 23.3 Å². The van der Waals surface area contributed by atoms with E-state index in [0.717, 1.165) is 53.1 Å². The molecule has 0 saturated carbocycles. The SMILES string of the molecule is COC(=O)c1c(N2C(=O)[C@@H]3[C@H](ON(c4ccccc4)[C@@H]3c3ccc(N(C)C)cc3)C2=O)sc2c1CCCC2. The number of imide groups is 1. The van der Waals surface area contributed by atoms with Crippen molar-refractivity contribution < 1.29 is 24.0 Å². The normalized spacial score (nSPS) is 22.4. The topological polar surface area (TPSA) is 79.4 Å². The zero-order chi connectivity index (χ0) is 26.6. The van der Waals surface area contributed by atoms with Gasteiger partial charge in [0.15, 0.2) is 6.10 Å². The zero-order valence-electron chi connectivity index (χ0n) is 21.5. The van der Waals surface area contributed by atoms with Crippen LogP contribution >= 0.6 is 11.3 Å². The van der Waals surface area contributed by atoms with Crippen LogP contribution in [0.5, 0.6) is 0 Å². The second-order valence-electron chi connectivity index (χ2n) is 10.0. The lowest BCUT2D eigenvalue weighted by molar-refractivity contribution is -0.126. The third-order valence-corrected chi connectivity index (χ3v) is 8.90. The van der Waals surface area contributed by atoms with Gasteiger partial charge in [-0.2, -0.15) is 0 Å². The summed E-state index contributed by atoms with van der Waals surface area (Å²) in [5.41, 5.74) is 3.91. The zero-order valence-corrected chi connectivity index (χ0v) is 22.4. The first kappa shape index (κ1) is 24.6. The average molecular weight is 532 g/mol. The molecule has 3 aromatic rings. The number of thiophene rings is 1. The van der Waals surface area contributed by atoms with Gasteiger partial charge in [0, 0.05) is 24.7 Å². The Morgan fingerprint density at radius 1 is 1.00 bits per heavy atom. The number of benzene rings is 2. The van der Waals surface area contributed by atoms with Gasteiger partial charge in [-0.05, 0) is 61.1 Å². The Kier molecular flexibility index (Phi) is 6.20. The number of hydroxylamine groups is 1. The van der Waals surface area contributed by atoms with Gasteiger partial charge in [0.25, 0.3) is 5.91 Å². The summed E-state index contributed by atoms with van der Waals surface area (Å²) in [6.45, 7) is 0. The lowest BCUT2D eigenvalue weighted by atomic mass is 9.90. The van der Waals surface area contributed by atoms with Crippen molar-refractivity contribution in [2.75, 3.05) is 36.1 Å². The van der Waals surface area contributed by atoms with Crippen LogP contribution in [0.4, 0.5) is 16.4 Å². The van der Waals surface area contributed by atoms with E-state index < -0.39 is 29.9 Å². The van der Waals surface area contributed by atoms with Crippen LogP contribution in [0.1, 0.15) is 45.2 Å². The van der Waals surface area contributed by atoms with Crippen LogP contribution in [-0.2, 0) is 32.0 Å². The summed E-state index contributed by atoms with van der Waals surface area (Å²) in [5, 5.41) is 2.05. The summed E-state index contributed by atoms with van der Waals surface area (Å²) in [6.07, 6.45) is 2.54. The fourth-order valence-corrected chi connectivity index (χ4v) is 7.13. The lowest BCUT2D eigenvalue weighted by Crippen LogP contribution is -2.37. The number of aryl methyl sites for hydroxylation is 1. The van der Waals surface area contributed by atoms with Crippen LogP contribution in [-0.4, -0.2) is 45.1 Å². The molecule has 0 radical (unpaired) electrons. The molecule has 8 nitrogen and oxygen atoms in total. The van der Waals surface area contributed by atoms with Crippen molar-refractivity contribution >= 4 is 45.5 Å². The van der Waals surface area contributed by atoms with Crippen molar-refractivity contribution in [3.05, 3.63) is 76.2 Å². The van der Waals surface area contributed by atoms with Crippen LogP contribution < -0.4 is 14.9 Å². The van der Waals surface area contributed by atoms with Gasteiger partial charge >= 0.3 is 5.97 Å². The predicted octanol–water partition coefficient (Wildman–Crippen LogP) is 4.53. The molecular weight excluding hydrogens is 502 g/mol. The third kappa shape index (κ3) is 3.80. The number of esters is 1. The van der Waals surface area contributed by atoms with E-state index in [1.807, 2.05) is 73.6 Å². The molecule has 38 heavy (non-hydrogen) atoms. The molecule has 1 aliphatic carbocycles. The van der Waals surface area contributed by atoms with E-state index in [9.17, 15) is 14.4 Å². The number of fused-ring (bicyclic) bond motifs is 2. The number of hydrogen-bond donors (Lipinski definition) is 0. The van der Waals surface area contributed by atoms with Gasteiger partial charge < -0.3 is 9.64 Å². The minimum Gasteiger partial charge on any atom is -0.465 e. The number of rotatable bonds is 5. The second kappa shape index (κ2) is 9.56. The summed E-state index contributed by atoms with van der Waals surface area (Å²) in [6, 6.07) is 16.9. The van der Waals surface area contributed by atoms with Crippen LogP contribution in [0.2, 0.25) is 0 Å². The van der Waals surface area contributed by atoms with Crippen LogP contribution in [0.15, 0.2) is 54.6 Å². The fraction of sp³-hybridized carbons (Fsp3) is 0.345. The molecule has 0 bridgehead atoms. The summed E-state index contributed by atoms with van der Waals surface area (Å²) in [7, 11) is 5.27. The number of para-hydroxylation sites is 1. The third-order valence-electron chi connectivity index (χ3n) is 7.62. The number of methoxy groups -OCH3 is 1. The molecule has 0 spiro atoms. The highest BCUT2D eigenvalue weighted by molar-refractivity contribution is 7.17. The maximum atomic E-state index is 14.2. The maximum Gasteiger partial charge on any atom is 0.341 e. The van der Waals surface area contributed by atoms with Gasteiger partial charge in [-0.25, -0.2) is 14.8 Å². The number of anilines is 3. The van der Waals surface area contributed by atoms with Gasteiger partial charge in [-0.3, -0.25) is 14.4 Å². The monoisotopic (exact) mass is 531 g/mol. The molecule has 0 N–H and O–H groups in total. The van der Waals surface area contributed by atoms with Crippen LogP contribution in [0, 0.1) is 5.92 Å². The van der Waals surface area contributed by atoms with Gasteiger partial charge in [0.1, 0.15) is 10.9 Å².